The molecule has 7 nitrogen and oxygen atoms in total. The van der Waals surface area contributed by atoms with Gasteiger partial charge in [-0.2, -0.15) is 0 Å². The van der Waals surface area contributed by atoms with Crippen molar-refractivity contribution in [2.75, 3.05) is 0 Å². The summed E-state index contributed by atoms with van der Waals surface area (Å²) in [5.41, 5.74) is 4.32. The standard InChI is InChI=1S/C25H30O7/c1-7-13(3)25(28)30-12-18-21-14(4)11-29-24(21)23(32-20(27)8-2)17-9-10-19(31-16(6)26)15(5)22(17)18/h7,11,15,19H,8-10,12H2,1-6H3/t15-,19-/m0/s1. The van der Waals surface area contributed by atoms with Gasteiger partial charge >= 0.3 is 17.9 Å². The highest BCUT2D eigenvalue weighted by Gasteiger charge is 2.36. The van der Waals surface area contributed by atoms with Crippen LogP contribution in [0.25, 0.3) is 11.0 Å². The van der Waals surface area contributed by atoms with Gasteiger partial charge < -0.3 is 18.6 Å². The van der Waals surface area contributed by atoms with E-state index in [9.17, 15) is 14.4 Å². The molecule has 172 valence electrons. The lowest BCUT2D eigenvalue weighted by molar-refractivity contribution is -0.147. The van der Waals surface area contributed by atoms with Crippen LogP contribution >= 0.6 is 0 Å². The largest absolute Gasteiger partial charge is 0.462 e. The van der Waals surface area contributed by atoms with Crippen LogP contribution in [0, 0.1) is 6.92 Å². The maximum absolute atomic E-state index is 12.4. The Labute approximate surface area is 187 Å². The Hall–Kier alpha value is -3.09. The molecular formula is C25H30O7. The Morgan fingerprint density at radius 2 is 1.97 bits per heavy atom. The number of benzene rings is 1. The number of allylic oxidation sites excluding steroid dienone is 1. The summed E-state index contributed by atoms with van der Waals surface area (Å²) < 4.78 is 22.7. The number of furan rings is 1. The van der Waals surface area contributed by atoms with E-state index in [1.165, 1.54) is 6.92 Å². The van der Waals surface area contributed by atoms with E-state index in [1.807, 2.05) is 13.8 Å². The van der Waals surface area contributed by atoms with Gasteiger partial charge in [-0.3, -0.25) is 9.59 Å². The number of ether oxygens (including phenoxy) is 3. The summed E-state index contributed by atoms with van der Waals surface area (Å²) in [4.78, 5) is 36.2. The topological polar surface area (TPSA) is 92.0 Å². The van der Waals surface area contributed by atoms with Crippen molar-refractivity contribution < 1.29 is 33.0 Å². The third-order valence-corrected chi connectivity index (χ3v) is 6.02. The number of carbonyl (C=O) groups excluding carboxylic acids is 3. The summed E-state index contributed by atoms with van der Waals surface area (Å²) in [6, 6.07) is 0. The molecule has 0 saturated carbocycles. The van der Waals surface area contributed by atoms with Gasteiger partial charge in [-0.25, -0.2) is 4.79 Å². The van der Waals surface area contributed by atoms with E-state index in [4.69, 9.17) is 18.6 Å². The number of rotatable bonds is 6. The van der Waals surface area contributed by atoms with Crippen molar-refractivity contribution in [3.05, 3.63) is 40.2 Å². The lowest BCUT2D eigenvalue weighted by Gasteiger charge is -2.33. The summed E-state index contributed by atoms with van der Waals surface area (Å²) in [6.45, 7) is 10.5. The van der Waals surface area contributed by atoms with Crippen molar-refractivity contribution in [1.82, 2.24) is 0 Å². The highest BCUT2D eigenvalue weighted by Crippen LogP contribution is 2.47. The Morgan fingerprint density at radius 3 is 2.59 bits per heavy atom. The second-order valence-electron chi connectivity index (χ2n) is 8.17. The fourth-order valence-electron chi connectivity index (χ4n) is 4.27. The maximum atomic E-state index is 12.4. The van der Waals surface area contributed by atoms with Crippen molar-refractivity contribution >= 4 is 28.9 Å². The molecule has 0 aliphatic heterocycles. The maximum Gasteiger partial charge on any atom is 0.333 e. The quantitative estimate of drug-likeness (QED) is 0.351. The van der Waals surface area contributed by atoms with Gasteiger partial charge in [0, 0.05) is 41.3 Å². The summed E-state index contributed by atoms with van der Waals surface area (Å²) >= 11 is 0. The molecule has 0 unspecified atom stereocenters. The van der Waals surface area contributed by atoms with Gasteiger partial charge in [-0.15, -0.1) is 0 Å². The van der Waals surface area contributed by atoms with Crippen molar-refractivity contribution in [2.45, 2.75) is 79.4 Å². The van der Waals surface area contributed by atoms with Gasteiger partial charge in [0.2, 0.25) is 0 Å². The van der Waals surface area contributed by atoms with Crippen molar-refractivity contribution in [1.29, 1.82) is 0 Å². The second-order valence-corrected chi connectivity index (χ2v) is 8.17. The molecule has 3 rings (SSSR count). The Morgan fingerprint density at radius 1 is 1.25 bits per heavy atom. The first-order valence-electron chi connectivity index (χ1n) is 10.9. The van der Waals surface area contributed by atoms with E-state index in [0.29, 0.717) is 29.7 Å². The molecule has 0 spiro atoms. The average Bonchev–Trinajstić information content (AvgIpc) is 3.15. The van der Waals surface area contributed by atoms with Crippen LogP contribution in [0.4, 0.5) is 0 Å². The number of hydrogen-bond donors (Lipinski definition) is 0. The number of carbonyl (C=O) groups is 3. The van der Waals surface area contributed by atoms with Crippen molar-refractivity contribution in [2.24, 2.45) is 0 Å². The first kappa shape index (κ1) is 23.6. The molecule has 2 aromatic rings. The molecule has 1 aromatic heterocycles. The first-order chi connectivity index (χ1) is 15.2. The molecule has 0 N–H and O–H groups in total. The molecule has 1 aliphatic rings. The van der Waals surface area contributed by atoms with Crippen LogP contribution in [0.3, 0.4) is 0 Å². The third-order valence-electron chi connectivity index (χ3n) is 6.02. The third kappa shape index (κ3) is 4.42. The molecule has 0 bridgehead atoms. The first-order valence-corrected chi connectivity index (χ1v) is 10.9. The normalized spacial score (nSPS) is 18.2. The number of fused-ring (bicyclic) bond motifs is 2. The smallest absolute Gasteiger partial charge is 0.333 e. The second kappa shape index (κ2) is 9.59. The minimum atomic E-state index is -0.406. The summed E-state index contributed by atoms with van der Waals surface area (Å²) in [5.74, 6) is -0.892. The molecule has 0 radical (unpaired) electrons. The van der Waals surface area contributed by atoms with Crippen molar-refractivity contribution in [3.8, 4) is 5.75 Å². The number of esters is 3. The van der Waals surface area contributed by atoms with Gasteiger partial charge in [-0.1, -0.05) is 19.9 Å². The lowest BCUT2D eigenvalue weighted by atomic mass is 9.77. The minimum Gasteiger partial charge on any atom is -0.462 e. The predicted molar refractivity (Wildman–Crippen MR) is 118 cm³/mol. The fourth-order valence-corrected chi connectivity index (χ4v) is 4.27. The van der Waals surface area contributed by atoms with Crippen LogP contribution < -0.4 is 4.74 Å². The van der Waals surface area contributed by atoms with Crippen molar-refractivity contribution in [3.63, 3.8) is 0 Å². The highest BCUT2D eigenvalue weighted by molar-refractivity contribution is 5.94. The van der Waals surface area contributed by atoms with Crippen LogP contribution in [-0.4, -0.2) is 24.0 Å². The number of hydrogen-bond acceptors (Lipinski definition) is 7. The lowest BCUT2D eigenvalue weighted by Crippen LogP contribution is -2.30. The van der Waals surface area contributed by atoms with E-state index in [1.54, 1.807) is 33.1 Å². The van der Waals surface area contributed by atoms with Gasteiger partial charge in [0.15, 0.2) is 11.3 Å². The van der Waals surface area contributed by atoms with E-state index < -0.39 is 5.97 Å². The minimum absolute atomic E-state index is 0.0301. The van der Waals surface area contributed by atoms with E-state index in [-0.39, 0.29) is 37.0 Å². The molecule has 7 heteroatoms. The molecule has 0 amide bonds. The van der Waals surface area contributed by atoms with Crippen LogP contribution in [-0.2, 0) is 36.9 Å². The Kier molecular flexibility index (Phi) is 7.06. The van der Waals surface area contributed by atoms with Gasteiger partial charge in [0.1, 0.15) is 12.7 Å². The van der Waals surface area contributed by atoms with E-state index in [0.717, 1.165) is 27.6 Å². The van der Waals surface area contributed by atoms with E-state index in [2.05, 4.69) is 0 Å². The Bertz CT molecular complexity index is 1090. The molecule has 2 atom stereocenters. The van der Waals surface area contributed by atoms with E-state index >= 15 is 0 Å². The number of aryl methyl sites for hydroxylation is 1. The average molecular weight is 443 g/mol. The molecular weight excluding hydrogens is 412 g/mol. The van der Waals surface area contributed by atoms with Gasteiger partial charge in [-0.05, 0) is 44.7 Å². The van der Waals surface area contributed by atoms with Gasteiger partial charge in [0.05, 0.1) is 6.26 Å². The van der Waals surface area contributed by atoms with Gasteiger partial charge in [0.25, 0.3) is 0 Å². The van der Waals surface area contributed by atoms with Crippen LogP contribution in [0.2, 0.25) is 0 Å². The zero-order valence-electron chi connectivity index (χ0n) is 19.5. The summed E-state index contributed by atoms with van der Waals surface area (Å²) in [6.07, 6.45) is 4.33. The monoisotopic (exact) mass is 442 g/mol. The zero-order valence-corrected chi connectivity index (χ0v) is 19.5. The molecule has 1 heterocycles. The Balaban J connectivity index is 2.21. The predicted octanol–water partition coefficient (Wildman–Crippen LogP) is 5.05. The molecule has 32 heavy (non-hydrogen) atoms. The molecule has 0 fully saturated rings. The highest BCUT2D eigenvalue weighted by atomic mass is 16.5. The van der Waals surface area contributed by atoms with Crippen LogP contribution in [0.1, 0.15) is 75.6 Å². The van der Waals surface area contributed by atoms with Crippen LogP contribution in [0.15, 0.2) is 22.3 Å². The summed E-state index contributed by atoms with van der Waals surface area (Å²) in [7, 11) is 0. The zero-order chi connectivity index (χ0) is 23.6. The SMILES string of the molecule is CC=C(C)C(=O)OCc1c2c(c(OC(=O)CC)c3occ(C)c13)CC[C@H](OC(C)=O)[C@@H]2C. The molecule has 1 aliphatic carbocycles. The van der Waals surface area contributed by atoms with Crippen LogP contribution in [0.5, 0.6) is 5.75 Å². The fraction of sp³-hybridized carbons (Fsp3) is 0.480. The summed E-state index contributed by atoms with van der Waals surface area (Å²) in [5, 5.41) is 0.754. The molecule has 0 saturated heterocycles. The molecule has 1 aromatic carbocycles.